The maximum absolute atomic E-state index is 12.1. The van der Waals surface area contributed by atoms with E-state index < -0.39 is 20.5 Å². The number of methoxy groups -OCH3 is 1. The number of nitrogens with zero attached hydrogens (tertiary/aromatic N) is 1. The number of fused-ring (bicyclic) bond motifs is 1. The van der Waals surface area contributed by atoms with E-state index in [2.05, 4.69) is 4.98 Å². The first kappa shape index (κ1) is 21.2. The first-order valence-corrected chi connectivity index (χ1v) is 11.6. The van der Waals surface area contributed by atoms with Crippen molar-refractivity contribution in [3.63, 3.8) is 0 Å². The van der Waals surface area contributed by atoms with E-state index in [1.165, 1.54) is 23.7 Å². The molecule has 154 valence electrons. The van der Waals surface area contributed by atoms with Gasteiger partial charge in [-0.25, -0.2) is 18.9 Å². The molecule has 1 heterocycles. The standard InChI is InChI=1S/C20H22N2O5S2/c1-20(19(23)22-24,29(3,25)26)11-10-18-21-16-9-6-14(12-17(16)28-18)13-4-7-15(27-2)8-5-13/h4-9,12,24H,10-11H2,1-3H3,(H,22,23). The third-order valence-corrected chi connectivity index (χ3v) is 8.18. The number of hydroxylamine groups is 1. The van der Waals surface area contributed by atoms with Gasteiger partial charge in [-0.1, -0.05) is 18.2 Å². The molecular weight excluding hydrogens is 412 g/mol. The Morgan fingerprint density at radius 1 is 1.21 bits per heavy atom. The van der Waals surface area contributed by atoms with Crippen molar-refractivity contribution in [2.75, 3.05) is 13.4 Å². The van der Waals surface area contributed by atoms with Crippen molar-refractivity contribution in [1.29, 1.82) is 0 Å². The number of sulfone groups is 1. The average Bonchev–Trinajstić information content (AvgIpc) is 3.12. The predicted molar refractivity (Wildman–Crippen MR) is 113 cm³/mol. The third kappa shape index (κ3) is 4.26. The van der Waals surface area contributed by atoms with Crippen molar-refractivity contribution >= 4 is 37.3 Å². The summed E-state index contributed by atoms with van der Waals surface area (Å²) in [6.45, 7) is 1.31. The molecule has 9 heteroatoms. The van der Waals surface area contributed by atoms with Crippen LogP contribution in [0.5, 0.6) is 5.75 Å². The molecule has 0 fully saturated rings. The topological polar surface area (TPSA) is 106 Å². The van der Waals surface area contributed by atoms with Crippen LogP contribution >= 0.6 is 11.3 Å². The molecule has 0 aliphatic heterocycles. The summed E-state index contributed by atoms with van der Waals surface area (Å²) in [6, 6.07) is 13.7. The Morgan fingerprint density at radius 2 is 1.86 bits per heavy atom. The zero-order valence-electron chi connectivity index (χ0n) is 16.3. The van der Waals surface area contributed by atoms with E-state index in [-0.39, 0.29) is 6.42 Å². The van der Waals surface area contributed by atoms with Gasteiger partial charge in [-0.15, -0.1) is 11.3 Å². The number of hydrogen-bond donors (Lipinski definition) is 2. The summed E-state index contributed by atoms with van der Waals surface area (Å²) in [6.07, 6.45) is 1.30. The second-order valence-electron chi connectivity index (χ2n) is 6.96. The Hall–Kier alpha value is -2.49. The number of benzene rings is 2. The van der Waals surface area contributed by atoms with Gasteiger partial charge in [0.1, 0.15) is 10.5 Å². The van der Waals surface area contributed by atoms with Crippen LogP contribution in [0.4, 0.5) is 0 Å². The quantitative estimate of drug-likeness (QED) is 0.437. The molecule has 2 aromatic carbocycles. The Balaban J connectivity index is 1.85. The molecule has 3 aromatic rings. The second-order valence-corrected chi connectivity index (χ2v) is 10.5. The van der Waals surface area contributed by atoms with Gasteiger partial charge >= 0.3 is 0 Å². The Kier molecular flexibility index (Phi) is 5.92. The van der Waals surface area contributed by atoms with Crippen LogP contribution in [-0.2, 0) is 21.1 Å². The van der Waals surface area contributed by atoms with Crippen LogP contribution in [0, 0.1) is 0 Å². The maximum atomic E-state index is 12.1. The molecule has 29 heavy (non-hydrogen) atoms. The normalized spacial score (nSPS) is 13.8. The molecule has 0 aliphatic carbocycles. The molecule has 3 rings (SSSR count). The molecular formula is C20H22N2O5S2. The van der Waals surface area contributed by atoms with Gasteiger partial charge in [-0.05, 0) is 48.7 Å². The Morgan fingerprint density at radius 3 is 2.45 bits per heavy atom. The molecule has 0 saturated heterocycles. The number of aromatic nitrogens is 1. The lowest BCUT2D eigenvalue weighted by molar-refractivity contribution is -0.131. The Labute approximate surface area is 173 Å². The number of amides is 1. The summed E-state index contributed by atoms with van der Waals surface area (Å²) in [5, 5.41) is 9.66. The molecule has 0 spiro atoms. The number of carbonyl (C=O) groups is 1. The predicted octanol–water partition coefficient (Wildman–Crippen LogP) is 3.21. The highest BCUT2D eigenvalue weighted by atomic mass is 32.2. The van der Waals surface area contributed by atoms with Gasteiger partial charge in [-0.2, -0.15) is 0 Å². The van der Waals surface area contributed by atoms with Crippen molar-refractivity contribution in [2.24, 2.45) is 0 Å². The molecule has 1 unspecified atom stereocenters. The van der Waals surface area contributed by atoms with E-state index in [9.17, 15) is 13.2 Å². The molecule has 2 N–H and O–H groups in total. The van der Waals surface area contributed by atoms with E-state index in [0.717, 1.165) is 38.4 Å². The minimum Gasteiger partial charge on any atom is -0.497 e. The summed E-state index contributed by atoms with van der Waals surface area (Å²) in [5.41, 5.74) is 4.37. The third-order valence-electron chi connectivity index (χ3n) is 5.07. The summed E-state index contributed by atoms with van der Waals surface area (Å²) in [5.74, 6) is -0.154. The number of thiazole rings is 1. The van der Waals surface area contributed by atoms with Gasteiger partial charge in [0.2, 0.25) is 0 Å². The molecule has 1 aromatic heterocycles. The summed E-state index contributed by atoms with van der Waals surface area (Å²) in [7, 11) is -2.11. The number of aryl methyl sites for hydroxylation is 1. The molecule has 0 saturated carbocycles. The van der Waals surface area contributed by atoms with Gasteiger partial charge < -0.3 is 4.74 Å². The van der Waals surface area contributed by atoms with Crippen LogP contribution in [0.1, 0.15) is 18.4 Å². The molecule has 1 atom stereocenters. The fourth-order valence-electron chi connectivity index (χ4n) is 2.97. The molecule has 0 aliphatic rings. The van der Waals surface area contributed by atoms with E-state index in [0.29, 0.717) is 6.42 Å². The van der Waals surface area contributed by atoms with Gasteiger partial charge in [0.05, 0.1) is 22.3 Å². The number of ether oxygens (including phenoxy) is 1. The first-order chi connectivity index (χ1) is 13.7. The lowest BCUT2D eigenvalue weighted by Crippen LogP contribution is -2.49. The lowest BCUT2D eigenvalue weighted by atomic mass is 10.0. The van der Waals surface area contributed by atoms with Crippen LogP contribution < -0.4 is 10.2 Å². The molecule has 1 amide bonds. The van der Waals surface area contributed by atoms with Gasteiger partial charge in [0, 0.05) is 12.7 Å². The first-order valence-electron chi connectivity index (χ1n) is 8.86. The van der Waals surface area contributed by atoms with Crippen LogP contribution in [0.3, 0.4) is 0 Å². The largest absolute Gasteiger partial charge is 0.497 e. The number of rotatable bonds is 7. The van der Waals surface area contributed by atoms with Crippen molar-refractivity contribution in [1.82, 2.24) is 10.5 Å². The zero-order chi connectivity index (χ0) is 21.2. The lowest BCUT2D eigenvalue weighted by Gasteiger charge is -2.24. The highest BCUT2D eigenvalue weighted by Crippen LogP contribution is 2.31. The highest BCUT2D eigenvalue weighted by Gasteiger charge is 2.43. The summed E-state index contributed by atoms with van der Waals surface area (Å²) < 4.78 is 28.6. The fraction of sp³-hybridized carbons (Fsp3) is 0.300. The van der Waals surface area contributed by atoms with Crippen molar-refractivity contribution < 1.29 is 23.2 Å². The zero-order valence-corrected chi connectivity index (χ0v) is 17.9. The SMILES string of the molecule is COc1ccc(-c2ccc3nc(CCC(C)(C(=O)NO)S(C)(=O)=O)sc3c2)cc1. The van der Waals surface area contributed by atoms with Crippen LogP contribution in [0.2, 0.25) is 0 Å². The molecule has 0 radical (unpaired) electrons. The van der Waals surface area contributed by atoms with E-state index in [1.54, 1.807) is 7.11 Å². The van der Waals surface area contributed by atoms with Crippen LogP contribution in [0.25, 0.3) is 21.3 Å². The molecule has 0 bridgehead atoms. The summed E-state index contributed by atoms with van der Waals surface area (Å²) >= 11 is 1.46. The average molecular weight is 435 g/mol. The smallest absolute Gasteiger partial charge is 0.264 e. The summed E-state index contributed by atoms with van der Waals surface area (Å²) in [4.78, 5) is 16.5. The van der Waals surface area contributed by atoms with E-state index >= 15 is 0 Å². The van der Waals surface area contributed by atoms with Gasteiger partial charge in [0.15, 0.2) is 9.84 Å². The maximum Gasteiger partial charge on any atom is 0.264 e. The minimum absolute atomic E-state index is 0.0172. The van der Waals surface area contributed by atoms with Gasteiger partial charge in [0.25, 0.3) is 5.91 Å². The van der Waals surface area contributed by atoms with Crippen molar-refractivity contribution in [2.45, 2.75) is 24.5 Å². The van der Waals surface area contributed by atoms with Crippen molar-refractivity contribution in [3.05, 3.63) is 47.5 Å². The number of nitrogens with one attached hydrogen (secondary N) is 1. The van der Waals surface area contributed by atoms with Crippen LogP contribution in [0.15, 0.2) is 42.5 Å². The van der Waals surface area contributed by atoms with Gasteiger partial charge in [-0.3, -0.25) is 10.0 Å². The minimum atomic E-state index is -3.73. The highest BCUT2D eigenvalue weighted by molar-refractivity contribution is 7.92. The van der Waals surface area contributed by atoms with E-state index in [4.69, 9.17) is 9.94 Å². The van der Waals surface area contributed by atoms with Crippen LogP contribution in [-0.4, -0.2) is 42.6 Å². The van der Waals surface area contributed by atoms with E-state index in [1.807, 2.05) is 42.5 Å². The fourth-order valence-corrected chi connectivity index (χ4v) is 4.83. The number of carbonyl (C=O) groups excluding carboxylic acids is 1. The second kappa shape index (κ2) is 8.10. The molecule has 7 nitrogen and oxygen atoms in total. The number of hydrogen-bond acceptors (Lipinski definition) is 7. The van der Waals surface area contributed by atoms with Crippen molar-refractivity contribution in [3.8, 4) is 16.9 Å². The monoisotopic (exact) mass is 434 g/mol. The Bertz CT molecular complexity index is 1140.